The molecule has 2 aromatic rings. The van der Waals surface area contributed by atoms with Gasteiger partial charge in [-0.3, -0.25) is 24.7 Å². The monoisotopic (exact) mass is 362 g/mol. The molecule has 1 fully saturated rings. The Morgan fingerprint density at radius 1 is 1.07 bits per heavy atom. The number of fused-ring (bicyclic) bond motifs is 2. The second-order valence-electron chi connectivity index (χ2n) is 7.18. The number of carbonyl (C=O) groups is 3. The lowest BCUT2D eigenvalue weighted by Gasteiger charge is -2.29. The number of pyridine rings is 1. The average molecular weight is 362 g/mol. The lowest BCUT2D eigenvalue weighted by molar-refractivity contribution is -0.136. The predicted molar refractivity (Wildman–Crippen MR) is 97.9 cm³/mol. The number of hydrogen-bond acceptors (Lipinski definition) is 5. The van der Waals surface area contributed by atoms with Crippen LogP contribution in [0.4, 0.5) is 5.69 Å². The first kappa shape index (κ1) is 16.0. The molecule has 5 rings (SSSR count). The number of amides is 3. The molecular formula is C20H18N4O3. The molecule has 1 atom stereocenters. The zero-order chi connectivity index (χ0) is 18.5. The second-order valence-corrected chi connectivity index (χ2v) is 7.18. The molecule has 0 aliphatic carbocycles. The molecule has 1 aromatic heterocycles. The van der Waals surface area contributed by atoms with Gasteiger partial charge in [-0.25, -0.2) is 0 Å². The van der Waals surface area contributed by atoms with Gasteiger partial charge < -0.3 is 10.2 Å². The van der Waals surface area contributed by atoms with E-state index < -0.39 is 6.04 Å². The van der Waals surface area contributed by atoms with Crippen molar-refractivity contribution in [2.24, 2.45) is 0 Å². The zero-order valence-electron chi connectivity index (χ0n) is 14.6. The van der Waals surface area contributed by atoms with E-state index in [9.17, 15) is 14.4 Å². The summed E-state index contributed by atoms with van der Waals surface area (Å²) >= 11 is 0. The van der Waals surface area contributed by atoms with E-state index in [1.54, 1.807) is 4.90 Å². The summed E-state index contributed by atoms with van der Waals surface area (Å²) in [5.74, 6) is -0.822. The fourth-order valence-electron chi connectivity index (χ4n) is 4.09. The molecule has 3 aliphatic heterocycles. The van der Waals surface area contributed by atoms with E-state index in [2.05, 4.69) is 21.7 Å². The summed E-state index contributed by atoms with van der Waals surface area (Å²) in [4.78, 5) is 42.4. The van der Waals surface area contributed by atoms with Crippen LogP contribution in [0.1, 0.15) is 34.3 Å². The van der Waals surface area contributed by atoms with Crippen LogP contribution >= 0.6 is 0 Å². The van der Waals surface area contributed by atoms with Crippen LogP contribution in [-0.2, 0) is 22.6 Å². The molecule has 136 valence electrons. The van der Waals surface area contributed by atoms with Crippen molar-refractivity contribution in [2.45, 2.75) is 31.8 Å². The Morgan fingerprint density at radius 3 is 2.81 bits per heavy atom. The van der Waals surface area contributed by atoms with Gasteiger partial charge in [0.15, 0.2) is 0 Å². The summed E-state index contributed by atoms with van der Waals surface area (Å²) in [6, 6.07) is 7.20. The number of benzene rings is 1. The molecule has 4 heterocycles. The van der Waals surface area contributed by atoms with Gasteiger partial charge in [-0.05, 0) is 42.2 Å². The standard InChI is InChI=1S/C20H18N4O3/c25-18-4-3-17(19(26)23-18)24-10-13-7-11(1-2-14(13)20(24)27)15-8-12-5-6-21-16(12)9-22-15/h1-2,7-9,17,21H,3-6,10H2,(H,23,25,26). The molecule has 0 spiro atoms. The average Bonchev–Trinajstić information content (AvgIpc) is 3.25. The Labute approximate surface area is 155 Å². The third-order valence-electron chi connectivity index (χ3n) is 5.52. The molecule has 3 amide bonds. The fraction of sp³-hybridized carbons (Fsp3) is 0.300. The van der Waals surface area contributed by atoms with Gasteiger partial charge in [-0.2, -0.15) is 0 Å². The van der Waals surface area contributed by atoms with Gasteiger partial charge in [0, 0.05) is 30.6 Å². The lowest BCUT2D eigenvalue weighted by Crippen LogP contribution is -2.52. The molecule has 27 heavy (non-hydrogen) atoms. The second kappa shape index (κ2) is 5.90. The highest BCUT2D eigenvalue weighted by molar-refractivity contribution is 6.05. The largest absolute Gasteiger partial charge is 0.383 e. The normalized spacial score (nSPS) is 21.0. The Bertz CT molecular complexity index is 1000. The van der Waals surface area contributed by atoms with E-state index >= 15 is 0 Å². The lowest BCUT2D eigenvalue weighted by atomic mass is 10.0. The topological polar surface area (TPSA) is 91.4 Å². The van der Waals surface area contributed by atoms with Gasteiger partial charge in [0.2, 0.25) is 11.8 Å². The van der Waals surface area contributed by atoms with E-state index in [4.69, 9.17) is 0 Å². The predicted octanol–water partition coefficient (Wildman–Crippen LogP) is 1.48. The Morgan fingerprint density at radius 2 is 1.96 bits per heavy atom. The van der Waals surface area contributed by atoms with Crippen LogP contribution in [0.5, 0.6) is 0 Å². The summed E-state index contributed by atoms with van der Waals surface area (Å²) < 4.78 is 0. The van der Waals surface area contributed by atoms with Crippen LogP contribution in [-0.4, -0.2) is 40.2 Å². The van der Waals surface area contributed by atoms with Crippen molar-refractivity contribution in [1.82, 2.24) is 15.2 Å². The summed E-state index contributed by atoms with van der Waals surface area (Å²) in [5.41, 5.74) is 5.68. The fourth-order valence-corrected chi connectivity index (χ4v) is 4.09. The van der Waals surface area contributed by atoms with Gasteiger partial charge in [0.05, 0.1) is 17.6 Å². The minimum atomic E-state index is -0.588. The van der Waals surface area contributed by atoms with Gasteiger partial charge in [-0.15, -0.1) is 0 Å². The number of imide groups is 1. The molecule has 0 radical (unpaired) electrons. The van der Waals surface area contributed by atoms with Gasteiger partial charge in [0.25, 0.3) is 5.91 Å². The minimum Gasteiger partial charge on any atom is -0.383 e. The number of nitrogens with one attached hydrogen (secondary N) is 2. The summed E-state index contributed by atoms with van der Waals surface area (Å²) in [7, 11) is 0. The van der Waals surface area contributed by atoms with Crippen LogP contribution in [0.15, 0.2) is 30.5 Å². The van der Waals surface area contributed by atoms with Crippen molar-refractivity contribution >= 4 is 23.4 Å². The van der Waals surface area contributed by atoms with Crippen LogP contribution in [0.2, 0.25) is 0 Å². The maximum atomic E-state index is 12.8. The Hall–Kier alpha value is -3.22. The van der Waals surface area contributed by atoms with E-state index in [0.29, 0.717) is 18.5 Å². The highest BCUT2D eigenvalue weighted by Crippen LogP contribution is 2.32. The molecule has 0 saturated carbocycles. The molecular weight excluding hydrogens is 344 g/mol. The van der Waals surface area contributed by atoms with Crippen LogP contribution in [0.3, 0.4) is 0 Å². The number of rotatable bonds is 2. The molecule has 0 bridgehead atoms. The summed E-state index contributed by atoms with van der Waals surface area (Å²) in [6.45, 7) is 1.31. The number of piperidine rings is 1. The third-order valence-corrected chi connectivity index (χ3v) is 5.52. The van der Waals surface area contributed by atoms with Crippen LogP contribution in [0.25, 0.3) is 11.3 Å². The van der Waals surface area contributed by atoms with E-state index in [-0.39, 0.29) is 24.1 Å². The number of carbonyl (C=O) groups excluding carboxylic acids is 3. The highest BCUT2D eigenvalue weighted by atomic mass is 16.2. The first-order valence-corrected chi connectivity index (χ1v) is 9.11. The van der Waals surface area contributed by atoms with Crippen LogP contribution < -0.4 is 10.6 Å². The SMILES string of the molecule is O=C1CCC(N2Cc3cc(-c4cc5c(cn4)NCC5)ccc3C2=O)C(=O)N1. The first-order chi connectivity index (χ1) is 13.1. The van der Waals surface area contributed by atoms with Crippen molar-refractivity contribution in [3.8, 4) is 11.3 Å². The molecule has 3 aliphatic rings. The zero-order valence-corrected chi connectivity index (χ0v) is 14.6. The smallest absolute Gasteiger partial charge is 0.255 e. The highest BCUT2D eigenvalue weighted by Gasteiger charge is 2.39. The number of anilines is 1. The summed E-state index contributed by atoms with van der Waals surface area (Å²) in [6.07, 6.45) is 3.47. The van der Waals surface area contributed by atoms with E-state index in [1.165, 1.54) is 5.56 Å². The van der Waals surface area contributed by atoms with E-state index in [1.807, 2.05) is 24.4 Å². The third kappa shape index (κ3) is 2.58. The van der Waals surface area contributed by atoms with Gasteiger partial charge in [0.1, 0.15) is 6.04 Å². The van der Waals surface area contributed by atoms with Gasteiger partial charge >= 0.3 is 0 Å². The quantitative estimate of drug-likeness (QED) is 0.790. The molecule has 7 heteroatoms. The molecule has 1 aromatic carbocycles. The maximum Gasteiger partial charge on any atom is 0.255 e. The first-order valence-electron chi connectivity index (χ1n) is 9.11. The minimum absolute atomic E-state index is 0.155. The van der Waals surface area contributed by atoms with E-state index in [0.717, 1.165) is 35.5 Å². The van der Waals surface area contributed by atoms with Crippen LogP contribution in [0, 0.1) is 0 Å². The molecule has 7 nitrogen and oxygen atoms in total. The Balaban J connectivity index is 1.44. The van der Waals surface area contributed by atoms with Crippen molar-refractivity contribution < 1.29 is 14.4 Å². The van der Waals surface area contributed by atoms with Gasteiger partial charge in [-0.1, -0.05) is 6.07 Å². The van der Waals surface area contributed by atoms with Crippen molar-refractivity contribution in [3.63, 3.8) is 0 Å². The summed E-state index contributed by atoms with van der Waals surface area (Å²) in [5, 5.41) is 5.63. The van der Waals surface area contributed by atoms with Crippen molar-refractivity contribution in [3.05, 3.63) is 47.2 Å². The molecule has 1 unspecified atom stereocenters. The molecule has 2 N–H and O–H groups in total. The van der Waals surface area contributed by atoms with Crippen molar-refractivity contribution in [1.29, 1.82) is 0 Å². The van der Waals surface area contributed by atoms with Crippen molar-refractivity contribution in [2.75, 3.05) is 11.9 Å². The number of aromatic nitrogens is 1. The molecule has 1 saturated heterocycles. The Kier molecular flexibility index (Phi) is 3.50. The number of hydrogen-bond donors (Lipinski definition) is 2. The number of nitrogens with zero attached hydrogens (tertiary/aromatic N) is 2. The maximum absolute atomic E-state index is 12.8.